The number of phenols is 1. The molecule has 1 aliphatic carbocycles. The van der Waals surface area contributed by atoms with Gasteiger partial charge in [-0.1, -0.05) is 18.2 Å². The van der Waals surface area contributed by atoms with E-state index >= 15 is 0 Å². The van der Waals surface area contributed by atoms with Gasteiger partial charge < -0.3 is 29.7 Å². The fraction of sp³-hybridized carbons (Fsp3) is 0.524. The molecule has 1 aromatic carbocycles. The van der Waals surface area contributed by atoms with Crippen molar-refractivity contribution in [3.63, 3.8) is 0 Å². The molecule has 0 radical (unpaired) electrons. The average Bonchev–Trinajstić information content (AvgIpc) is 2.78. The minimum atomic E-state index is -1.82. The molecule has 7 atom stereocenters. The third kappa shape index (κ3) is 2.80. The number of aliphatic hydroxyl groups is 2. The normalized spacial score (nSPS) is 39.4. The zero-order valence-electron chi connectivity index (χ0n) is 18.0. The lowest BCUT2D eigenvalue weighted by Gasteiger charge is -2.63. The van der Waals surface area contributed by atoms with Gasteiger partial charge in [0.25, 0.3) is 11.8 Å². The van der Waals surface area contributed by atoms with Crippen LogP contribution in [0.15, 0.2) is 24.3 Å². The Morgan fingerprint density at radius 2 is 1.97 bits per heavy atom. The molecule has 0 unspecified atom stereocenters. The Labute approximate surface area is 198 Å². The van der Waals surface area contributed by atoms with Crippen molar-refractivity contribution in [3.05, 3.63) is 29.8 Å². The molecule has 3 N–H and O–H groups in total. The maximum Gasteiger partial charge on any atom is 0.272 e. The van der Waals surface area contributed by atoms with E-state index in [4.69, 9.17) is 25.9 Å². The van der Waals surface area contributed by atoms with E-state index in [2.05, 4.69) is 0 Å². The maximum atomic E-state index is 13.6. The Hall–Kier alpha value is -2.18. The molecule has 2 bridgehead atoms. The van der Waals surface area contributed by atoms with Gasteiger partial charge in [-0.25, -0.2) is 0 Å². The first-order chi connectivity index (χ1) is 15.6. The number of hydrogen-bond donors (Lipinski definition) is 3. The van der Waals surface area contributed by atoms with Crippen molar-refractivity contribution in [2.45, 2.75) is 45.8 Å². The van der Waals surface area contributed by atoms with Crippen LogP contribution in [-0.2, 0) is 14.4 Å². The van der Waals surface area contributed by atoms with Crippen molar-refractivity contribution in [2.75, 3.05) is 21.3 Å². The number of ether oxygens (including phenoxy) is 2. The van der Waals surface area contributed by atoms with Gasteiger partial charge in [0, 0.05) is 19.0 Å². The summed E-state index contributed by atoms with van der Waals surface area (Å²) in [6, 6.07) is 2.22. The summed E-state index contributed by atoms with van der Waals surface area (Å²) >= 11 is 7.49. The summed E-state index contributed by atoms with van der Waals surface area (Å²) in [7, 11) is 4.32. The average molecular weight is 499 g/mol. The highest BCUT2D eigenvalue weighted by atomic mass is 35.5. The number of aromatic hydroxyl groups is 1. The number of benzene rings is 1. The summed E-state index contributed by atoms with van der Waals surface area (Å²) in [5, 5.41) is 32.1. The van der Waals surface area contributed by atoms with Crippen LogP contribution in [0.4, 0.5) is 0 Å². The predicted octanol–water partition coefficient (Wildman–Crippen LogP) is 0.536. The molecule has 4 heterocycles. The van der Waals surface area contributed by atoms with Gasteiger partial charge in [-0.05, 0) is 6.07 Å². The van der Waals surface area contributed by atoms with Gasteiger partial charge in [0.1, 0.15) is 23.9 Å². The summed E-state index contributed by atoms with van der Waals surface area (Å²) in [4.78, 5) is 32.5. The van der Waals surface area contributed by atoms with Gasteiger partial charge in [0.05, 0.1) is 24.8 Å². The fourth-order valence-corrected chi connectivity index (χ4v) is 7.39. The molecule has 178 valence electrons. The van der Waals surface area contributed by atoms with Crippen LogP contribution >= 0.6 is 23.4 Å². The smallest absolute Gasteiger partial charge is 0.272 e. The van der Waals surface area contributed by atoms with Crippen LogP contribution in [0.3, 0.4) is 0 Å². The molecule has 1 spiro atoms. The summed E-state index contributed by atoms with van der Waals surface area (Å²) < 4.78 is 10.5. The number of halogens is 1. The molecule has 33 heavy (non-hydrogen) atoms. The Kier molecular flexibility index (Phi) is 5.07. The highest BCUT2D eigenvalue weighted by Crippen LogP contribution is 2.62. The van der Waals surface area contributed by atoms with Crippen molar-refractivity contribution >= 4 is 35.2 Å². The molecule has 4 fully saturated rings. The number of likely N-dealkylation sites (N-methyl/N-ethyl adjacent to an activating group) is 1. The molecule has 1 aromatic rings. The van der Waals surface area contributed by atoms with Crippen molar-refractivity contribution in [1.29, 1.82) is 0 Å². The number of methoxy groups -OCH3 is 2. The Morgan fingerprint density at radius 3 is 2.64 bits per heavy atom. The summed E-state index contributed by atoms with van der Waals surface area (Å²) in [5.74, 6) is -0.754. The summed E-state index contributed by atoms with van der Waals surface area (Å²) in [5.41, 5.74) is -1.45. The van der Waals surface area contributed by atoms with Gasteiger partial charge in [0.2, 0.25) is 5.75 Å². The highest BCUT2D eigenvalue weighted by molar-refractivity contribution is 8.01. The second-order valence-corrected chi connectivity index (χ2v) is 10.4. The van der Waals surface area contributed by atoms with Crippen LogP contribution in [0.25, 0.3) is 0 Å². The molecule has 4 aliphatic heterocycles. The predicted molar refractivity (Wildman–Crippen MR) is 117 cm³/mol. The van der Waals surface area contributed by atoms with E-state index in [-0.39, 0.29) is 17.9 Å². The van der Waals surface area contributed by atoms with Crippen molar-refractivity contribution in [2.24, 2.45) is 0 Å². The third-order valence-corrected chi connectivity index (χ3v) is 8.98. The van der Waals surface area contributed by atoms with Crippen molar-refractivity contribution < 1.29 is 39.2 Å². The van der Waals surface area contributed by atoms with E-state index in [1.165, 1.54) is 38.3 Å². The van der Waals surface area contributed by atoms with Crippen LogP contribution in [-0.4, -0.2) is 92.5 Å². The number of alkyl halides is 1. The molecular weight excluding hydrogens is 476 g/mol. The first-order valence-electron chi connectivity index (χ1n) is 10.2. The van der Waals surface area contributed by atoms with Crippen LogP contribution < -0.4 is 9.47 Å². The van der Waals surface area contributed by atoms with Crippen LogP contribution in [0, 0.1) is 0 Å². The van der Waals surface area contributed by atoms with Crippen molar-refractivity contribution in [3.8, 4) is 17.2 Å². The Balaban J connectivity index is 1.63. The van der Waals surface area contributed by atoms with E-state index in [0.29, 0.717) is 11.3 Å². The Bertz CT molecular complexity index is 1070. The zero-order valence-corrected chi connectivity index (χ0v) is 19.5. The highest BCUT2D eigenvalue weighted by Gasteiger charge is 2.72. The first kappa shape index (κ1) is 22.6. The summed E-state index contributed by atoms with van der Waals surface area (Å²) in [6.07, 6.45) is 0.152. The zero-order chi connectivity index (χ0) is 23.9. The SMILES string of the molecule is COc1ccc([C@@H]2S[C@@]34C[C@]5(O)[C@H](Cl)C=C[C@@H](O)[C@@H]5ON3C(=O)[C@@H]2N(C)C4=O)c(O)c1OC. The number of hydrogen-bond acceptors (Lipinski definition) is 9. The number of carbonyl (C=O) groups excluding carboxylic acids is 2. The standard InChI is InChI=1S/C21H23ClN2O8S/c1-23-13-16(9-4-6-11(30-2)15(31-3)14(9)26)33-21(19(23)28)8-20(29)12(22)7-5-10(25)17(20)32-24(21)18(13)27/h4-7,10,12-13,16-17,25-26,29H,8H2,1-3H3/t10-,12-,13-,16+,17+,20+,21-/m1/s1. The number of rotatable bonds is 3. The number of aliphatic hydroxyl groups excluding tert-OH is 1. The number of thioether (sulfide) groups is 1. The molecule has 5 aliphatic rings. The molecule has 12 heteroatoms. The number of phenolic OH excluding ortho intramolecular Hbond substituents is 1. The van der Waals surface area contributed by atoms with Gasteiger partial charge in [-0.2, -0.15) is 5.06 Å². The number of piperazine rings is 1. The molecule has 4 saturated heterocycles. The van der Waals surface area contributed by atoms with E-state index in [1.807, 2.05) is 0 Å². The van der Waals surface area contributed by atoms with E-state index < -0.39 is 51.2 Å². The number of carbonyl (C=O) groups is 2. The minimum Gasteiger partial charge on any atom is -0.504 e. The second-order valence-electron chi connectivity index (χ2n) is 8.53. The summed E-state index contributed by atoms with van der Waals surface area (Å²) in [6.45, 7) is 0. The number of fused-ring (bicyclic) bond motifs is 3. The van der Waals surface area contributed by atoms with Crippen LogP contribution in [0.1, 0.15) is 17.2 Å². The third-order valence-electron chi connectivity index (χ3n) is 6.82. The second kappa shape index (κ2) is 7.41. The largest absolute Gasteiger partial charge is 0.504 e. The first-order valence-corrected chi connectivity index (χ1v) is 11.5. The number of amides is 2. The lowest BCUT2D eigenvalue weighted by molar-refractivity contribution is -0.319. The maximum absolute atomic E-state index is 13.6. The minimum absolute atomic E-state index is 0.104. The molecule has 0 saturated carbocycles. The monoisotopic (exact) mass is 498 g/mol. The van der Waals surface area contributed by atoms with Gasteiger partial charge in [-0.15, -0.1) is 23.4 Å². The molecule has 6 rings (SSSR count). The van der Waals surface area contributed by atoms with Gasteiger partial charge in [0.15, 0.2) is 16.4 Å². The van der Waals surface area contributed by atoms with Crippen LogP contribution in [0.2, 0.25) is 0 Å². The lowest BCUT2D eigenvalue weighted by atomic mass is 9.77. The van der Waals surface area contributed by atoms with Gasteiger partial charge >= 0.3 is 0 Å². The Morgan fingerprint density at radius 1 is 1.24 bits per heavy atom. The number of hydroxylamine groups is 2. The molecular formula is C21H23ClN2O8S. The molecule has 10 nitrogen and oxygen atoms in total. The van der Waals surface area contributed by atoms with Gasteiger partial charge in [-0.3, -0.25) is 14.4 Å². The molecule has 0 aromatic heterocycles. The molecule has 2 amide bonds. The van der Waals surface area contributed by atoms with E-state index in [9.17, 15) is 24.9 Å². The quantitative estimate of drug-likeness (QED) is 0.404. The van der Waals surface area contributed by atoms with Crippen molar-refractivity contribution in [1.82, 2.24) is 9.96 Å². The fourth-order valence-electron chi connectivity index (χ4n) is 5.15. The van der Waals surface area contributed by atoms with E-state index in [1.54, 1.807) is 12.1 Å². The lowest BCUT2D eigenvalue weighted by Crippen LogP contribution is -2.81. The van der Waals surface area contributed by atoms with Crippen LogP contribution in [0.5, 0.6) is 17.2 Å². The van der Waals surface area contributed by atoms with E-state index in [0.717, 1.165) is 16.8 Å². The number of nitrogens with zero attached hydrogens (tertiary/aromatic N) is 2. The topological polar surface area (TPSA) is 129 Å².